The number of sulfonamides is 1. The number of nitro groups is 1. The summed E-state index contributed by atoms with van der Waals surface area (Å²) in [6, 6.07) is 13.2. The molecule has 0 aliphatic carbocycles. The number of alkyl halides is 3. The van der Waals surface area contributed by atoms with Crippen molar-refractivity contribution < 1.29 is 26.5 Å². The first-order chi connectivity index (χ1) is 15.5. The number of benzene rings is 3. The van der Waals surface area contributed by atoms with E-state index in [2.05, 4.69) is 15.2 Å². The predicted octanol–water partition coefficient (Wildman–Crippen LogP) is 5.51. The number of nitro benzene ring substituents is 1. The van der Waals surface area contributed by atoms with E-state index in [1.165, 1.54) is 42.5 Å². The van der Waals surface area contributed by atoms with Gasteiger partial charge in [0.1, 0.15) is 4.90 Å². The molecule has 2 N–H and O–H groups in total. The van der Waals surface area contributed by atoms with Crippen molar-refractivity contribution in [2.75, 3.05) is 10.1 Å². The molecule has 33 heavy (non-hydrogen) atoms. The molecule has 0 heterocycles. The number of anilines is 2. The van der Waals surface area contributed by atoms with Gasteiger partial charge in [-0.25, -0.2) is 8.42 Å². The van der Waals surface area contributed by atoms with Gasteiger partial charge in [0, 0.05) is 28.4 Å². The van der Waals surface area contributed by atoms with Crippen molar-refractivity contribution in [3.63, 3.8) is 0 Å². The molecular weight excluding hydrogens is 485 g/mol. The number of hydrogen-bond acceptors (Lipinski definition) is 6. The summed E-state index contributed by atoms with van der Waals surface area (Å²) in [4.78, 5) is 9.82. The van der Waals surface area contributed by atoms with Crippen LogP contribution in [0.15, 0.2) is 76.7 Å². The van der Waals surface area contributed by atoms with Crippen LogP contribution in [0.2, 0.25) is 5.02 Å². The second-order valence-electron chi connectivity index (χ2n) is 6.50. The van der Waals surface area contributed by atoms with E-state index in [1.54, 1.807) is 0 Å². The van der Waals surface area contributed by atoms with Crippen molar-refractivity contribution in [2.24, 2.45) is 5.10 Å². The Kier molecular flexibility index (Phi) is 6.89. The van der Waals surface area contributed by atoms with Gasteiger partial charge in [-0.1, -0.05) is 29.8 Å². The minimum absolute atomic E-state index is 0.138. The summed E-state index contributed by atoms with van der Waals surface area (Å²) in [6.45, 7) is 0. The molecule has 0 unspecified atom stereocenters. The van der Waals surface area contributed by atoms with E-state index in [1.807, 2.05) is 0 Å². The Hall–Kier alpha value is -3.64. The molecule has 0 radical (unpaired) electrons. The molecule has 0 saturated carbocycles. The summed E-state index contributed by atoms with van der Waals surface area (Å²) in [5.74, 6) is 0. The van der Waals surface area contributed by atoms with Crippen molar-refractivity contribution in [3.8, 4) is 0 Å². The molecule has 3 aromatic carbocycles. The number of non-ortho nitro benzene ring substituents is 1. The molecule has 0 amide bonds. The topological polar surface area (TPSA) is 114 Å². The van der Waals surface area contributed by atoms with Crippen molar-refractivity contribution in [3.05, 3.63) is 93.0 Å². The molecule has 0 atom stereocenters. The van der Waals surface area contributed by atoms with Crippen molar-refractivity contribution in [2.45, 2.75) is 11.1 Å². The first kappa shape index (κ1) is 24.0. The Balaban J connectivity index is 1.96. The van der Waals surface area contributed by atoms with Gasteiger partial charge in [-0.15, -0.1) is 0 Å². The molecule has 0 fully saturated rings. The highest BCUT2D eigenvalue weighted by Crippen LogP contribution is 2.32. The maximum atomic E-state index is 13.1. The van der Waals surface area contributed by atoms with E-state index >= 15 is 0 Å². The van der Waals surface area contributed by atoms with Crippen LogP contribution in [0.3, 0.4) is 0 Å². The van der Waals surface area contributed by atoms with Gasteiger partial charge >= 0.3 is 6.18 Å². The van der Waals surface area contributed by atoms with Crippen LogP contribution in [0.25, 0.3) is 0 Å². The lowest BCUT2D eigenvalue weighted by molar-refractivity contribution is -0.385. The van der Waals surface area contributed by atoms with Gasteiger partial charge in [0.25, 0.3) is 15.7 Å². The van der Waals surface area contributed by atoms with Gasteiger partial charge in [0.05, 0.1) is 22.4 Å². The standard InChI is InChI=1S/C20H14ClF3N4O4S/c21-14-5-7-15(8-6-14)27-33(31,32)19-11-16(28(29)30)9-10-18(19)26-25-12-13-3-1-2-4-17(13)20(22,23)24/h1-12,26-27H. The summed E-state index contributed by atoms with van der Waals surface area (Å²) in [5.41, 5.74) is 0.588. The first-order valence-electron chi connectivity index (χ1n) is 8.99. The van der Waals surface area contributed by atoms with Crippen LogP contribution in [0.4, 0.5) is 30.2 Å². The number of halogens is 4. The number of hydrazone groups is 1. The monoisotopic (exact) mass is 498 g/mol. The minimum Gasteiger partial charge on any atom is -0.280 e. The fourth-order valence-electron chi connectivity index (χ4n) is 2.71. The van der Waals surface area contributed by atoms with E-state index < -0.39 is 37.3 Å². The van der Waals surface area contributed by atoms with E-state index in [0.29, 0.717) is 5.02 Å². The smallest absolute Gasteiger partial charge is 0.280 e. The Morgan fingerprint density at radius 3 is 2.33 bits per heavy atom. The van der Waals surface area contributed by atoms with Crippen LogP contribution in [0, 0.1) is 10.1 Å². The van der Waals surface area contributed by atoms with Crippen LogP contribution in [-0.2, 0) is 16.2 Å². The summed E-state index contributed by atoms with van der Waals surface area (Å²) in [5, 5.41) is 15.2. The lowest BCUT2D eigenvalue weighted by Crippen LogP contribution is -2.15. The molecule has 172 valence electrons. The van der Waals surface area contributed by atoms with E-state index in [-0.39, 0.29) is 16.9 Å². The van der Waals surface area contributed by atoms with Crippen LogP contribution in [-0.4, -0.2) is 19.6 Å². The molecule has 3 rings (SSSR count). The van der Waals surface area contributed by atoms with Gasteiger partial charge in [-0.05, 0) is 36.4 Å². The Bertz CT molecular complexity index is 1310. The van der Waals surface area contributed by atoms with Gasteiger partial charge < -0.3 is 0 Å². The zero-order valence-corrected chi connectivity index (χ0v) is 17.9. The third-order valence-electron chi connectivity index (χ3n) is 4.22. The van der Waals surface area contributed by atoms with Crippen LogP contribution in [0.1, 0.15) is 11.1 Å². The molecule has 0 saturated heterocycles. The van der Waals surface area contributed by atoms with Gasteiger partial charge in [0.2, 0.25) is 0 Å². The fraction of sp³-hybridized carbons (Fsp3) is 0.0500. The van der Waals surface area contributed by atoms with E-state index in [4.69, 9.17) is 11.6 Å². The van der Waals surface area contributed by atoms with Crippen LogP contribution >= 0.6 is 11.6 Å². The highest BCUT2D eigenvalue weighted by Gasteiger charge is 2.32. The van der Waals surface area contributed by atoms with Gasteiger partial charge in [-0.3, -0.25) is 20.3 Å². The molecule has 3 aromatic rings. The van der Waals surface area contributed by atoms with Gasteiger partial charge in [-0.2, -0.15) is 18.3 Å². The molecule has 0 spiro atoms. The Morgan fingerprint density at radius 2 is 1.70 bits per heavy atom. The SMILES string of the molecule is O=[N+]([O-])c1ccc(NN=Cc2ccccc2C(F)(F)F)c(S(=O)(=O)Nc2ccc(Cl)cc2)c1. The Labute approximate surface area is 190 Å². The van der Waals surface area contributed by atoms with Gasteiger partial charge in [0.15, 0.2) is 0 Å². The number of rotatable bonds is 7. The molecule has 13 heteroatoms. The minimum atomic E-state index is -4.62. The quantitative estimate of drug-likeness (QED) is 0.253. The molecule has 0 bridgehead atoms. The van der Waals surface area contributed by atoms with Crippen molar-refractivity contribution in [1.29, 1.82) is 0 Å². The summed E-state index contributed by atoms with van der Waals surface area (Å²) in [7, 11) is -4.35. The number of nitrogens with zero attached hydrogens (tertiary/aromatic N) is 2. The fourth-order valence-corrected chi connectivity index (χ4v) is 4.07. The first-order valence-corrected chi connectivity index (χ1v) is 10.9. The second-order valence-corrected chi connectivity index (χ2v) is 8.59. The number of hydrogen-bond donors (Lipinski definition) is 2. The van der Waals surface area contributed by atoms with Crippen LogP contribution in [0.5, 0.6) is 0 Å². The van der Waals surface area contributed by atoms with E-state index in [9.17, 15) is 31.7 Å². The molecule has 0 aromatic heterocycles. The van der Waals surface area contributed by atoms with Crippen molar-refractivity contribution >= 4 is 44.9 Å². The molecular formula is C20H14ClF3N4O4S. The highest BCUT2D eigenvalue weighted by molar-refractivity contribution is 7.92. The third kappa shape index (κ3) is 5.99. The normalized spacial score (nSPS) is 12.0. The predicted molar refractivity (Wildman–Crippen MR) is 118 cm³/mol. The average Bonchev–Trinajstić information content (AvgIpc) is 2.75. The lowest BCUT2D eigenvalue weighted by Gasteiger charge is -2.12. The molecule has 8 nitrogen and oxygen atoms in total. The van der Waals surface area contributed by atoms with Crippen LogP contribution < -0.4 is 10.1 Å². The maximum absolute atomic E-state index is 13.1. The second kappa shape index (κ2) is 9.46. The number of nitrogens with one attached hydrogen (secondary N) is 2. The lowest BCUT2D eigenvalue weighted by atomic mass is 10.1. The third-order valence-corrected chi connectivity index (χ3v) is 5.89. The largest absolute Gasteiger partial charge is 0.417 e. The zero-order valence-electron chi connectivity index (χ0n) is 16.4. The summed E-state index contributed by atoms with van der Waals surface area (Å²) < 4.78 is 67.4. The highest BCUT2D eigenvalue weighted by atomic mass is 35.5. The summed E-state index contributed by atoms with van der Waals surface area (Å²) >= 11 is 5.78. The van der Waals surface area contributed by atoms with Crippen molar-refractivity contribution in [1.82, 2.24) is 0 Å². The average molecular weight is 499 g/mol. The zero-order chi connectivity index (χ0) is 24.2. The molecule has 0 aliphatic rings. The Morgan fingerprint density at radius 1 is 1.03 bits per heavy atom. The summed E-state index contributed by atoms with van der Waals surface area (Å²) in [6.07, 6.45) is -3.75. The maximum Gasteiger partial charge on any atom is 0.417 e. The van der Waals surface area contributed by atoms with E-state index in [0.717, 1.165) is 30.5 Å². The molecule has 0 aliphatic heterocycles.